The zero-order valence-corrected chi connectivity index (χ0v) is 20.1. The molecule has 0 atom stereocenters. The molecule has 1 amide bonds. The van der Waals surface area contributed by atoms with Gasteiger partial charge in [0.1, 0.15) is 16.7 Å². The monoisotopic (exact) mass is 486 g/mol. The maximum absolute atomic E-state index is 13.0. The van der Waals surface area contributed by atoms with Gasteiger partial charge in [-0.3, -0.25) is 14.9 Å². The van der Waals surface area contributed by atoms with Gasteiger partial charge in [0.25, 0.3) is 11.6 Å². The number of nitrogens with one attached hydrogen (secondary N) is 1. The minimum absolute atomic E-state index is 0.103. The van der Waals surface area contributed by atoms with Gasteiger partial charge in [0.2, 0.25) is 0 Å². The Kier molecular flexibility index (Phi) is 6.34. The number of nitro benzene ring substituents is 1. The van der Waals surface area contributed by atoms with Crippen molar-refractivity contribution >= 4 is 34.0 Å². The molecule has 0 saturated carbocycles. The van der Waals surface area contributed by atoms with Crippen molar-refractivity contribution in [3.63, 3.8) is 0 Å². The van der Waals surface area contributed by atoms with Gasteiger partial charge in [-0.25, -0.2) is 0 Å². The van der Waals surface area contributed by atoms with Crippen LogP contribution in [0.15, 0.2) is 54.6 Å². The number of hydrogen-bond acceptors (Lipinski definition) is 7. The van der Waals surface area contributed by atoms with Crippen LogP contribution in [0.3, 0.4) is 0 Å². The Morgan fingerprint density at radius 1 is 1.06 bits per heavy atom. The number of aryl methyl sites for hydroxylation is 2. The first-order valence-electron chi connectivity index (χ1n) is 11.8. The molecule has 0 unspecified atom stereocenters. The second kappa shape index (κ2) is 9.74. The van der Waals surface area contributed by atoms with Gasteiger partial charge in [0.15, 0.2) is 0 Å². The van der Waals surface area contributed by atoms with Crippen LogP contribution in [-0.2, 0) is 11.2 Å². The molecular weight excluding hydrogens is 460 g/mol. The molecule has 3 aromatic carbocycles. The molecule has 36 heavy (non-hydrogen) atoms. The third-order valence-corrected chi connectivity index (χ3v) is 6.34. The maximum atomic E-state index is 13.0. The summed E-state index contributed by atoms with van der Waals surface area (Å²) in [5, 5.41) is 23.8. The van der Waals surface area contributed by atoms with E-state index in [1.54, 1.807) is 23.0 Å². The fraction of sp³-hybridized carbons (Fsp3) is 0.269. The first-order valence-corrected chi connectivity index (χ1v) is 11.8. The van der Waals surface area contributed by atoms with Gasteiger partial charge in [0.05, 0.1) is 23.8 Å². The normalized spacial score (nSPS) is 13.7. The molecule has 1 aliphatic rings. The van der Waals surface area contributed by atoms with Gasteiger partial charge < -0.3 is 15.0 Å². The van der Waals surface area contributed by atoms with Gasteiger partial charge in [-0.05, 0) is 60.9 Å². The van der Waals surface area contributed by atoms with E-state index in [0.29, 0.717) is 48.7 Å². The molecule has 4 aromatic rings. The molecule has 1 fully saturated rings. The van der Waals surface area contributed by atoms with Crippen LogP contribution in [0.2, 0.25) is 0 Å². The Morgan fingerprint density at radius 3 is 2.42 bits per heavy atom. The van der Waals surface area contributed by atoms with Crippen molar-refractivity contribution in [2.75, 3.05) is 36.5 Å². The Morgan fingerprint density at radius 2 is 1.75 bits per heavy atom. The topological polar surface area (TPSA) is 115 Å². The summed E-state index contributed by atoms with van der Waals surface area (Å²) in [4.78, 5) is 27.8. The molecule has 0 bridgehead atoms. The Labute approximate surface area is 207 Å². The average molecular weight is 487 g/mol. The summed E-state index contributed by atoms with van der Waals surface area (Å²) in [5.74, 6) is -0.434. The van der Waals surface area contributed by atoms with Gasteiger partial charge in [-0.15, -0.1) is 10.2 Å². The highest BCUT2D eigenvalue weighted by Gasteiger charge is 2.23. The van der Waals surface area contributed by atoms with Crippen molar-refractivity contribution in [2.24, 2.45) is 0 Å². The number of carbonyl (C=O) groups excluding carboxylic acids is 1. The molecule has 0 radical (unpaired) electrons. The number of aromatic nitrogens is 3. The van der Waals surface area contributed by atoms with E-state index < -0.39 is 10.8 Å². The third-order valence-electron chi connectivity index (χ3n) is 6.34. The lowest BCUT2D eigenvalue weighted by atomic mass is 10.1. The second-order valence-corrected chi connectivity index (χ2v) is 8.68. The number of hydrogen-bond donors (Lipinski definition) is 1. The molecule has 2 heterocycles. The number of amides is 1. The number of nitro groups is 1. The highest BCUT2D eigenvalue weighted by molar-refractivity contribution is 6.06. The molecule has 10 nitrogen and oxygen atoms in total. The zero-order chi connectivity index (χ0) is 25.2. The van der Waals surface area contributed by atoms with Gasteiger partial charge in [0, 0.05) is 30.4 Å². The molecule has 1 saturated heterocycles. The van der Waals surface area contributed by atoms with E-state index in [2.05, 4.69) is 22.4 Å². The fourth-order valence-electron chi connectivity index (χ4n) is 4.26. The Bertz CT molecular complexity index is 1440. The molecular formula is C26H26N6O4. The predicted octanol–water partition coefficient (Wildman–Crippen LogP) is 4.29. The minimum Gasteiger partial charge on any atom is -0.378 e. The SMILES string of the molecule is CCc1ccc(-n2nc3cc(C)c(NC(=O)c4ccc(N5CCOCC5)c([N+](=O)[O-])c4)cc3n2)cc1. The highest BCUT2D eigenvalue weighted by atomic mass is 16.6. The van der Waals surface area contributed by atoms with Crippen LogP contribution in [0.4, 0.5) is 17.1 Å². The van der Waals surface area contributed by atoms with Crippen LogP contribution in [0.1, 0.15) is 28.4 Å². The lowest BCUT2D eigenvalue weighted by molar-refractivity contribution is -0.384. The number of carbonyl (C=O) groups is 1. The number of nitrogens with zero attached hydrogens (tertiary/aromatic N) is 5. The fourth-order valence-corrected chi connectivity index (χ4v) is 4.26. The van der Waals surface area contributed by atoms with E-state index in [0.717, 1.165) is 17.7 Å². The third kappa shape index (κ3) is 4.63. The summed E-state index contributed by atoms with van der Waals surface area (Å²) in [6.45, 7) is 6.12. The summed E-state index contributed by atoms with van der Waals surface area (Å²) >= 11 is 0. The Balaban J connectivity index is 1.40. The maximum Gasteiger partial charge on any atom is 0.293 e. The van der Waals surface area contributed by atoms with E-state index in [4.69, 9.17) is 4.74 Å². The van der Waals surface area contributed by atoms with Gasteiger partial charge >= 0.3 is 0 Å². The molecule has 5 rings (SSSR count). The molecule has 0 spiro atoms. The van der Waals surface area contributed by atoms with Crippen molar-refractivity contribution in [2.45, 2.75) is 20.3 Å². The van der Waals surface area contributed by atoms with Crippen molar-refractivity contribution in [1.82, 2.24) is 15.0 Å². The number of benzene rings is 3. The first-order chi connectivity index (χ1) is 17.4. The number of morpholine rings is 1. The summed E-state index contributed by atoms with van der Waals surface area (Å²) in [6, 6.07) is 16.2. The van der Waals surface area contributed by atoms with E-state index in [1.165, 1.54) is 11.6 Å². The Hall–Kier alpha value is -4.31. The van der Waals surface area contributed by atoms with E-state index in [9.17, 15) is 14.9 Å². The summed E-state index contributed by atoms with van der Waals surface area (Å²) in [5.41, 5.74) is 5.38. The van der Waals surface area contributed by atoms with Crippen LogP contribution < -0.4 is 10.2 Å². The molecule has 10 heteroatoms. The highest BCUT2D eigenvalue weighted by Crippen LogP contribution is 2.31. The number of anilines is 2. The second-order valence-electron chi connectivity index (χ2n) is 8.68. The van der Waals surface area contributed by atoms with Crippen molar-refractivity contribution in [3.8, 4) is 5.69 Å². The predicted molar refractivity (Wildman–Crippen MR) is 137 cm³/mol. The van der Waals surface area contributed by atoms with Crippen LogP contribution in [-0.4, -0.2) is 52.1 Å². The number of rotatable bonds is 6. The van der Waals surface area contributed by atoms with E-state index >= 15 is 0 Å². The van der Waals surface area contributed by atoms with Crippen molar-refractivity contribution in [3.05, 3.63) is 81.4 Å². The first kappa shape index (κ1) is 23.4. The summed E-state index contributed by atoms with van der Waals surface area (Å²) < 4.78 is 5.34. The molecule has 1 aliphatic heterocycles. The van der Waals surface area contributed by atoms with Crippen LogP contribution in [0.25, 0.3) is 16.7 Å². The molecule has 184 valence electrons. The summed E-state index contributed by atoms with van der Waals surface area (Å²) in [7, 11) is 0. The average Bonchev–Trinajstić information content (AvgIpc) is 3.31. The standard InChI is InChI=1S/C26H26N6O4/c1-3-18-4-7-20(8-5-18)31-28-22-14-17(2)21(16-23(22)29-31)27-26(33)19-6-9-24(25(15-19)32(34)35)30-10-12-36-13-11-30/h4-9,14-16H,3,10-13H2,1-2H3,(H,27,33). The minimum atomic E-state index is -0.454. The van der Waals surface area contributed by atoms with Crippen molar-refractivity contribution in [1.29, 1.82) is 0 Å². The van der Waals surface area contributed by atoms with E-state index in [-0.39, 0.29) is 11.3 Å². The lowest BCUT2D eigenvalue weighted by Gasteiger charge is -2.28. The lowest BCUT2D eigenvalue weighted by Crippen LogP contribution is -2.36. The zero-order valence-electron chi connectivity index (χ0n) is 20.1. The molecule has 1 N–H and O–H groups in total. The van der Waals surface area contributed by atoms with E-state index in [1.807, 2.05) is 42.2 Å². The quantitative estimate of drug-likeness (QED) is 0.319. The largest absolute Gasteiger partial charge is 0.378 e. The molecule has 1 aromatic heterocycles. The van der Waals surface area contributed by atoms with Crippen LogP contribution >= 0.6 is 0 Å². The van der Waals surface area contributed by atoms with Crippen LogP contribution in [0.5, 0.6) is 0 Å². The number of fused-ring (bicyclic) bond motifs is 1. The summed E-state index contributed by atoms with van der Waals surface area (Å²) in [6.07, 6.45) is 0.955. The van der Waals surface area contributed by atoms with Gasteiger partial charge in [-0.2, -0.15) is 4.80 Å². The smallest absolute Gasteiger partial charge is 0.293 e. The number of ether oxygens (including phenoxy) is 1. The van der Waals surface area contributed by atoms with Crippen LogP contribution in [0, 0.1) is 17.0 Å². The van der Waals surface area contributed by atoms with Crippen molar-refractivity contribution < 1.29 is 14.5 Å². The van der Waals surface area contributed by atoms with Gasteiger partial charge in [-0.1, -0.05) is 19.1 Å². The molecule has 0 aliphatic carbocycles.